The number of nitrogens with one attached hydrogen (secondary N) is 1. The topological polar surface area (TPSA) is 12.0 Å². The zero-order chi connectivity index (χ0) is 7.94. The Morgan fingerprint density at radius 2 is 2.45 bits per heavy atom. The highest BCUT2D eigenvalue weighted by Crippen LogP contribution is 2.23. The zero-order valence-corrected chi connectivity index (χ0v) is 7.83. The van der Waals surface area contributed by atoms with Crippen LogP contribution in [-0.4, -0.2) is 24.1 Å². The maximum atomic E-state index is 3.67. The van der Waals surface area contributed by atoms with E-state index in [1.54, 1.807) is 0 Å². The van der Waals surface area contributed by atoms with Crippen LogP contribution in [0.3, 0.4) is 0 Å². The normalized spacial score (nSPS) is 24.9. The molecule has 2 heteroatoms. The molecule has 0 saturated carbocycles. The molecule has 1 fully saturated rings. The van der Waals surface area contributed by atoms with Crippen LogP contribution in [0.5, 0.6) is 0 Å². The molecule has 0 amide bonds. The molecule has 11 heavy (non-hydrogen) atoms. The van der Waals surface area contributed by atoms with E-state index < -0.39 is 0 Å². The summed E-state index contributed by atoms with van der Waals surface area (Å²) >= 11 is 2.12. The predicted octanol–water partition coefficient (Wildman–Crippen LogP) is 2.05. The fourth-order valence-electron chi connectivity index (χ4n) is 1.31. The smallest absolute Gasteiger partial charge is 0.0172 e. The first-order valence-electron chi connectivity index (χ1n) is 4.36. The van der Waals surface area contributed by atoms with E-state index in [9.17, 15) is 0 Å². The lowest BCUT2D eigenvalue weighted by molar-refractivity contribution is 0.619. The van der Waals surface area contributed by atoms with Crippen LogP contribution in [0.1, 0.15) is 19.3 Å². The molecule has 1 atom stereocenters. The molecule has 0 aromatic rings. The van der Waals surface area contributed by atoms with Crippen molar-refractivity contribution in [2.24, 2.45) is 0 Å². The minimum Gasteiger partial charge on any atom is -0.312 e. The standard InChI is InChI=1S/C9H17NS/c1-2-6-10-8-9-5-3-4-7-11-9/h2,9-10H,1,3-8H2. The molecule has 1 saturated heterocycles. The van der Waals surface area contributed by atoms with Gasteiger partial charge in [-0.25, -0.2) is 0 Å². The molecule has 0 spiro atoms. The van der Waals surface area contributed by atoms with E-state index in [-0.39, 0.29) is 0 Å². The van der Waals surface area contributed by atoms with Crippen LogP contribution in [0.15, 0.2) is 12.7 Å². The third-order valence-corrected chi connectivity index (χ3v) is 3.33. The van der Waals surface area contributed by atoms with E-state index in [2.05, 4.69) is 23.7 Å². The fraction of sp³-hybridized carbons (Fsp3) is 0.778. The highest BCUT2D eigenvalue weighted by Gasteiger charge is 2.12. The van der Waals surface area contributed by atoms with Crippen LogP contribution >= 0.6 is 11.8 Å². The third-order valence-electron chi connectivity index (χ3n) is 1.93. The van der Waals surface area contributed by atoms with Gasteiger partial charge in [0.15, 0.2) is 0 Å². The molecule has 0 aromatic carbocycles. The fourth-order valence-corrected chi connectivity index (χ4v) is 2.59. The summed E-state index contributed by atoms with van der Waals surface area (Å²) in [5.74, 6) is 1.36. The Bertz CT molecular complexity index is 108. The van der Waals surface area contributed by atoms with Gasteiger partial charge in [-0.2, -0.15) is 11.8 Å². The number of hydrogen-bond donors (Lipinski definition) is 1. The van der Waals surface area contributed by atoms with E-state index >= 15 is 0 Å². The largest absolute Gasteiger partial charge is 0.312 e. The van der Waals surface area contributed by atoms with Gasteiger partial charge < -0.3 is 5.32 Å². The second-order valence-electron chi connectivity index (χ2n) is 2.94. The molecule has 1 unspecified atom stereocenters. The summed E-state index contributed by atoms with van der Waals surface area (Å²) in [6.45, 7) is 5.79. The van der Waals surface area contributed by atoms with Crippen molar-refractivity contribution < 1.29 is 0 Å². The van der Waals surface area contributed by atoms with Crippen LogP contribution in [0.25, 0.3) is 0 Å². The first-order chi connectivity index (χ1) is 5.43. The molecule has 0 bridgehead atoms. The van der Waals surface area contributed by atoms with Gasteiger partial charge in [0, 0.05) is 18.3 Å². The molecule has 1 rings (SSSR count). The lowest BCUT2D eigenvalue weighted by Gasteiger charge is -2.20. The highest BCUT2D eigenvalue weighted by atomic mass is 32.2. The first-order valence-corrected chi connectivity index (χ1v) is 5.41. The van der Waals surface area contributed by atoms with Crippen LogP contribution in [-0.2, 0) is 0 Å². The van der Waals surface area contributed by atoms with Gasteiger partial charge in [0.1, 0.15) is 0 Å². The third kappa shape index (κ3) is 3.82. The summed E-state index contributed by atoms with van der Waals surface area (Å²) in [7, 11) is 0. The van der Waals surface area contributed by atoms with Crippen molar-refractivity contribution >= 4 is 11.8 Å². The van der Waals surface area contributed by atoms with Crippen LogP contribution in [0.2, 0.25) is 0 Å². The van der Waals surface area contributed by atoms with Gasteiger partial charge in [-0.05, 0) is 18.6 Å². The molecular formula is C9H17NS. The minimum atomic E-state index is 0.865. The Morgan fingerprint density at radius 3 is 3.09 bits per heavy atom. The van der Waals surface area contributed by atoms with Crippen LogP contribution in [0, 0.1) is 0 Å². The van der Waals surface area contributed by atoms with Gasteiger partial charge in [0.05, 0.1) is 0 Å². The molecule has 1 aliphatic rings. The molecule has 0 aliphatic carbocycles. The average Bonchev–Trinajstić information content (AvgIpc) is 2.07. The van der Waals surface area contributed by atoms with Crippen molar-refractivity contribution in [1.82, 2.24) is 5.32 Å². The van der Waals surface area contributed by atoms with Crippen LogP contribution in [0.4, 0.5) is 0 Å². The molecule has 0 radical (unpaired) electrons. The van der Waals surface area contributed by atoms with Crippen molar-refractivity contribution in [1.29, 1.82) is 0 Å². The maximum Gasteiger partial charge on any atom is 0.0172 e. The second-order valence-corrected chi connectivity index (χ2v) is 4.34. The van der Waals surface area contributed by atoms with Gasteiger partial charge >= 0.3 is 0 Å². The molecule has 0 aromatic heterocycles. The van der Waals surface area contributed by atoms with Crippen molar-refractivity contribution in [3.8, 4) is 0 Å². The van der Waals surface area contributed by atoms with E-state index in [0.717, 1.165) is 18.3 Å². The number of thioether (sulfide) groups is 1. The quantitative estimate of drug-likeness (QED) is 0.513. The molecule has 1 N–H and O–H groups in total. The lowest BCUT2D eigenvalue weighted by atomic mass is 10.2. The van der Waals surface area contributed by atoms with Gasteiger partial charge in [0.25, 0.3) is 0 Å². The van der Waals surface area contributed by atoms with Gasteiger partial charge in [-0.15, -0.1) is 6.58 Å². The predicted molar refractivity (Wildman–Crippen MR) is 53.2 cm³/mol. The summed E-state index contributed by atoms with van der Waals surface area (Å²) < 4.78 is 0. The Hall–Kier alpha value is 0.0500. The monoisotopic (exact) mass is 171 g/mol. The Morgan fingerprint density at radius 1 is 1.55 bits per heavy atom. The zero-order valence-electron chi connectivity index (χ0n) is 7.01. The summed E-state index contributed by atoms with van der Waals surface area (Å²) in [5.41, 5.74) is 0. The SMILES string of the molecule is C=CCNCC1CCCCS1. The molecule has 64 valence electrons. The summed E-state index contributed by atoms with van der Waals surface area (Å²) in [6.07, 6.45) is 6.17. The lowest BCUT2D eigenvalue weighted by Crippen LogP contribution is -2.26. The van der Waals surface area contributed by atoms with Crippen molar-refractivity contribution in [2.75, 3.05) is 18.8 Å². The van der Waals surface area contributed by atoms with Gasteiger partial charge in [0.2, 0.25) is 0 Å². The maximum absolute atomic E-state index is 3.67. The van der Waals surface area contributed by atoms with E-state index in [1.807, 2.05) is 6.08 Å². The first kappa shape index (κ1) is 9.14. The van der Waals surface area contributed by atoms with E-state index in [0.29, 0.717) is 0 Å². The molecule has 1 aliphatic heterocycles. The Kier molecular flexibility index (Phi) is 4.71. The van der Waals surface area contributed by atoms with Crippen molar-refractivity contribution in [2.45, 2.75) is 24.5 Å². The van der Waals surface area contributed by atoms with Crippen molar-refractivity contribution in [3.63, 3.8) is 0 Å². The molecule has 1 nitrogen and oxygen atoms in total. The molecular weight excluding hydrogens is 154 g/mol. The number of rotatable bonds is 4. The van der Waals surface area contributed by atoms with Gasteiger partial charge in [-0.3, -0.25) is 0 Å². The Balaban J connectivity index is 2.00. The minimum absolute atomic E-state index is 0.865. The van der Waals surface area contributed by atoms with E-state index in [4.69, 9.17) is 0 Å². The summed E-state index contributed by atoms with van der Waals surface area (Å²) in [4.78, 5) is 0. The summed E-state index contributed by atoms with van der Waals surface area (Å²) in [5, 5.41) is 4.23. The second kappa shape index (κ2) is 5.67. The Labute approximate surface area is 73.6 Å². The van der Waals surface area contributed by atoms with Gasteiger partial charge in [-0.1, -0.05) is 12.5 Å². The summed E-state index contributed by atoms with van der Waals surface area (Å²) in [6, 6.07) is 0. The average molecular weight is 171 g/mol. The van der Waals surface area contributed by atoms with E-state index in [1.165, 1.54) is 25.0 Å². The van der Waals surface area contributed by atoms with Crippen LogP contribution < -0.4 is 5.32 Å². The van der Waals surface area contributed by atoms with Crippen molar-refractivity contribution in [3.05, 3.63) is 12.7 Å². The molecule has 1 heterocycles. The highest BCUT2D eigenvalue weighted by molar-refractivity contribution is 7.99. The number of hydrogen-bond acceptors (Lipinski definition) is 2.